The van der Waals surface area contributed by atoms with Crippen LogP contribution < -0.4 is 0 Å². The Morgan fingerprint density at radius 1 is 1.30 bits per heavy atom. The summed E-state index contributed by atoms with van der Waals surface area (Å²) < 4.78 is 0. The number of benzene rings is 1. The van der Waals surface area contributed by atoms with Crippen molar-refractivity contribution >= 4 is 11.9 Å². The van der Waals surface area contributed by atoms with E-state index in [-0.39, 0.29) is 11.9 Å². The number of carbonyl (C=O) groups is 2. The van der Waals surface area contributed by atoms with Gasteiger partial charge in [0.25, 0.3) is 0 Å². The zero-order valence-electron chi connectivity index (χ0n) is 12.2. The molecular formula is C16H21NO3. The Morgan fingerprint density at radius 2 is 1.95 bits per heavy atom. The van der Waals surface area contributed by atoms with Crippen LogP contribution >= 0.6 is 0 Å². The first-order valence-corrected chi connectivity index (χ1v) is 7.03. The Labute approximate surface area is 119 Å². The monoisotopic (exact) mass is 275 g/mol. The van der Waals surface area contributed by atoms with E-state index in [1.54, 1.807) is 6.07 Å². The Hall–Kier alpha value is -1.84. The maximum absolute atomic E-state index is 11.8. The third-order valence-electron chi connectivity index (χ3n) is 3.71. The van der Waals surface area contributed by atoms with Crippen molar-refractivity contribution in [3.63, 3.8) is 0 Å². The third-order valence-corrected chi connectivity index (χ3v) is 3.71. The predicted molar refractivity (Wildman–Crippen MR) is 76.4 cm³/mol. The van der Waals surface area contributed by atoms with Gasteiger partial charge in [-0.05, 0) is 43.7 Å². The fraction of sp³-hybridized carbons (Fsp3) is 0.500. The summed E-state index contributed by atoms with van der Waals surface area (Å²) in [6.45, 7) is 5.09. The van der Waals surface area contributed by atoms with Gasteiger partial charge in [0.05, 0.1) is 0 Å². The van der Waals surface area contributed by atoms with Crippen molar-refractivity contribution in [3.05, 3.63) is 35.4 Å². The molecule has 0 spiro atoms. The summed E-state index contributed by atoms with van der Waals surface area (Å²) in [5, 5.41) is 9.55. The summed E-state index contributed by atoms with van der Waals surface area (Å²) in [5.74, 6) is -0.639. The molecule has 0 radical (unpaired) electrons. The molecule has 0 heterocycles. The van der Waals surface area contributed by atoms with Crippen LogP contribution in [0.1, 0.15) is 56.7 Å². The molecule has 0 aliphatic heterocycles. The van der Waals surface area contributed by atoms with Gasteiger partial charge in [0, 0.05) is 13.0 Å². The maximum atomic E-state index is 11.8. The van der Waals surface area contributed by atoms with E-state index in [2.05, 4.69) is 0 Å². The Bertz CT molecular complexity index is 520. The normalized spacial score (nSPS) is 16.0. The van der Waals surface area contributed by atoms with Gasteiger partial charge in [-0.2, -0.15) is 0 Å². The standard InChI is InChI=1S/C16H21NO3/c1-10(2)17(11(3)18)15(16(19)20)14-6-4-5-13(9-14)12-7-8-12/h4-6,9-10,12,15H,7-8H2,1-3H3,(H,19,20). The SMILES string of the molecule is CC(=O)N(C(C)C)C(C(=O)O)c1cccc(C2CC2)c1. The van der Waals surface area contributed by atoms with Crippen LogP contribution in [-0.2, 0) is 9.59 Å². The Kier molecular flexibility index (Phi) is 4.12. The van der Waals surface area contributed by atoms with Gasteiger partial charge in [-0.25, -0.2) is 4.79 Å². The van der Waals surface area contributed by atoms with E-state index < -0.39 is 12.0 Å². The highest BCUT2D eigenvalue weighted by atomic mass is 16.4. The van der Waals surface area contributed by atoms with Crippen molar-refractivity contribution in [1.82, 2.24) is 4.90 Å². The van der Waals surface area contributed by atoms with E-state index in [1.165, 1.54) is 30.2 Å². The molecule has 1 amide bonds. The highest BCUT2D eigenvalue weighted by Crippen LogP contribution is 2.41. The molecule has 1 N–H and O–H groups in total. The predicted octanol–water partition coefficient (Wildman–Crippen LogP) is 2.95. The van der Waals surface area contributed by atoms with E-state index in [0.29, 0.717) is 11.5 Å². The van der Waals surface area contributed by atoms with Crippen molar-refractivity contribution in [2.24, 2.45) is 0 Å². The molecule has 4 nitrogen and oxygen atoms in total. The van der Waals surface area contributed by atoms with Crippen molar-refractivity contribution in [2.75, 3.05) is 0 Å². The second-order valence-corrected chi connectivity index (χ2v) is 5.71. The fourth-order valence-corrected chi connectivity index (χ4v) is 2.67. The van der Waals surface area contributed by atoms with E-state index in [4.69, 9.17) is 0 Å². The number of nitrogens with zero attached hydrogens (tertiary/aromatic N) is 1. The van der Waals surface area contributed by atoms with Crippen LogP contribution in [0.4, 0.5) is 0 Å². The molecule has 1 aromatic carbocycles. The minimum Gasteiger partial charge on any atom is -0.479 e. The van der Waals surface area contributed by atoms with Crippen LogP contribution in [0.15, 0.2) is 24.3 Å². The van der Waals surface area contributed by atoms with Gasteiger partial charge in [-0.1, -0.05) is 24.3 Å². The summed E-state index contributed by atoms with van der Waals surface area (Å²) in [4.78, 5) is 24.9. The lowest BCUT2D eigenvalue weighted by molar-refractivity contribution is -0.151. The van der Waals surface area contributed by atoms with Crippen LogP contribution in [-0.4, -0.2) is 27.9 Å². The Balaban J connectivity index is 2.39. The number of aliphatic carboxylic acids is 1. The highest BCUT2D eigenvalue weighted by molar-refractivity contribution is 5.83. The van der Waals surface area contributed by atoms with Crippen LogP contribution in [0, 0.1) is 0 Å². The molecule has 1 unspecified atom stereocenters. The molecule has 108 valence electrons. The lowest BCUT2D eigenvalue weighted by atomic mass is 9.99. The van der Waals surface area contributed by atoms with Gasteiger partial charge >= 0.3 is 5.97 Å². The first-order valence-electron chi connectivity index (χ1n) is 7.03. The molecule has 1 aliphatic rings. The second-order valence-electron chi connectivity index (χ2n) is 5.71. The highest BCUT2D eigenvalue weighted by Gasteiger charge is 2.32. The summed E-state index contributed by atoms with van der Waals surface area (Å²) in [6, 6.07) is 6.59. The minimum atomic E-state index is -0.984. The number of amides is 1. The van der Waals surface area contributed by atoms with Gasteiger partial charge in [-0.15, -0.1) is 0 Å². The number of carboxylic acids is 1. The third kappa shape index (κ3) is 3.00. The average Bonchev–Trinajstić information content (AvgIpc) is 3.18. The molecule has 1 aromatic rings. The van der Waals surface area contributed by atoms with Gasteiger partial charge in [0.2, 0.25) is 5.91 Å². The molecule has 4 heteroatoms. The largest absolute Gasteiger partial charge is 0.479 e. The van der Waals surface area contributed by atoms with Crippen LogP contribution in [0.5, 0.6) is 0 Å². The number of carboxylic acid groups (broad SMARTS) is 1. The maximum Gasteiger partial charge on any atom is 0.331 e. The average molecular weight is 275 g/mol. The molecule has 1 fully saturated rings. The van der Waals surface area contributed by atoms with E-state index >= 15 is 0 Å². The van der Waals surface area contributed by atoms with E-state index in [0.717, 1.165) is 0 Å². The topological polar surface area (TPSA) is 57.6 Å². The lowest BCUT2D eigenvalue weighted by Crippen LogP contribution is -2.42. The van der Waals surface area contributed by atoms with Gasteiger partial charge < -0.3 is 10.0 Å². The zero-order valence-corrected chi connectivity index (χ0v) is 12.2. The van der Waals surface area contributed by atoms with Crippen molar-refractivity contribution < 1.29 is 14.7 Å². The number of hydrogen-bond acceptors (Lipinski definition) is 2. The van der Waals surface area contributed by atoms with Crippen LogP contribution in [0.3, 0.4) is 0 Å². The first kappa shape index (κ1) is 14.6. The first-order chi connectivity index (χ1) is 9.41. The van der Waals surface area contributed by atoms with E-state index in [1.807, 2.05) is 32.0 Å². The fourth-order valence-electron chi connectivity index (χ4n) is 2.67. The summed E-state index contributed by atoms with van der Waals surface area (Å²) in [6.07, 6.45) is 2.34. The summed E-state index contributed by atoms with van der Waals surface area (Å²) >= 11 is 0. The minimum absolute atomic E-state index is 0.154. The van der Waals surface area contributed by atoms with Crippen molar-refractivity contribution in [3.8, 4) is 0 Å². The number of rotatable bonds is 5. The molecule has 20 heavy (non-hydrogen) atoms. The van der Waals surface area contributed by atoms with E-state index in [9.17, 15) is 14.7 Å². The molecule has 0 bridgehead atoms. The number of carbonyl (C=O) groups excluding carboxylic acids is 1. The van der Waals surface area contributed by atoms with Gasteiger partial charge in [0.15, 0.2) is 6.04 Å². The van der Waals surface area contributed by atoms with Crippen molar-refractivity contribution in [2.45, 2.75) is 51.6 Å². The molecule has 1 saturated carbocycles. The zero-order chi connectivity index (χ0) is 14.9. The van der Waals surface area contributed by atoms with Crippen LogP contribution in [0.25, 0.3) is 0 Å². The molecule has 0 saturated heterocycles. The Morgan fingerprint density at radius 3 is 2.40 bits per heavy atom. The molecule has 1 aliphatic carbocycles. The number of hydrogen-bond donors (Lipinski definition) is 1. The summed E-state index contributed by atoms with van der Waals surface area (Å²) in [5.41, 5.74) is 1.87. The molecule has 2 rings (SSSR count). The molecule has 1 atom stereocenters. The molecular weight excluding hydrogens is 254 g/mol. The van der Waals surface area contributed by atoms with Gasteiger partial charge in [-0.3, -0.25) is 4.79 Å². The second kappa shape index (κ2) is 5.65. The quantitative estimate of drug-likeness (QED) is 0.898. The van der Waals surface area contributed by atoms with Gasteiger partial charge in [0.1, 0.15) is 0 Å². The smallest absolute Gasteiger partial charge is 0.331 e. The van der Waals surface area contributed by atoms with Crippen LogP contribution in [0.2, 0.25) is 0 Å². The summed E-state index contributed by atoms with van der Waals surface area (Å²) in [7, 11) is 0. The lowest BCUT2D eigenvalue weighted by Gasteiger charge is -2.32. The van der Waals surface area contributed by atoms with Crippen molar-refractivity contribution in [1.29, 1.82) is 0 Å². The molecule has 0 aromatic heterocycles.